The van der Waals surface area contributed by atoms with Gasteiger partial charge in [-0.2, -0.15) is 4.31 Å². The number of nitrogens with one attached hydrogen (secondary N) is 1. The molecule has 180 valence electrons. The number of benzene rings is 2. The van der Waals surface area contributed by atoms with E-state index in [4.69, 9.17) is 0 Å². The highest BCUT2D eigenvalue weighted by Gasteiger charge is 2.33. The first-order chi connectivity index (χ1) is 16.3. The van der Waals surface area contributed by atoms with Gasteiger partial charge in [-0.3, -0.25) is 14.5 Å². The fraction of sp³-hybridized carbons (Fsp3) is 0.440. The Hall–Kier alpha value is -2.75. The monoisotopic (exact) mass is 482 g/mol. The number of carbonyl (C=O) groups is 2. The number of amides is 2. The second-order valence-corrected chi connectivity index (χ2v) is 11.3. The molecule has 9 heteroatoms. The van der Waals surface area contributed by atoms with Crippen LogP contribution in [-0.2, 0) is 32.5 Å². The van der Waals surface area contributed by atoms with E-state index < -0.39 is 10.0 Å². The van der Waals surface area contributed by atoms with E-state index >= 15 is 0 Å². The Labute approximate surface area is 200 Å². The van der Waals surface area contributed by atoms with E-state index in [1.165, 1.54) is 9.87 Å². The first-order valence-corrected chi connectivity index (χ1v) is 13.3. The molecule has 1 atom stereocenters. The van der Waals surface area contributed by atoms with Crippen LogP contribution in [0.2, 0.25) is 0 Å². The maximum Gasteiger partial charge on any atom is 0.243 e. The molecule has 2 amide bonds. The molecular formula is C25H30N4O4S. The predicted octanol–water partition coefficient (Wildman–Crippen LogP) is 2.25. The SMILES string of the molecule is CC1CC(=O)Nc2ccccc2N1C(=O)CN1CCN(S(=O)(=O)c2ccc3c(c2)CCC3)CC1. The van der Waals surface area contributed by atoms with Crippen molar-refractivity contribution in [1.29, 1.82) is 0 Å². The van der Waals surface area contributed by atoms with Crippen molar-refractivity contribution in [1.82, 2.24) is 9.21 Å². The predicted molar refractivity (Wildman–Crippen MR) is 130 cm³/mol. The maximum atomic E-state index is 13.3. The van der Waals surface area contributed by atoms with E-state index in [-0.39, 0.29) is 30.8 Å². The van der Waals surface area contributed by atoms with Gasteiger partial charge in [-0.05, 0) is 61.6 Å². The van der Waals surface area contributed by atoms with Gasteiger partial charge in [0.05, 0.1) is 22.8 Å². The third kappa shape index (κ3) is 4.35. The van der Waals surface area contributed by atoms with Crippen molar-refractivity contribution in [3.05, 3.63) is 53.6 Å². The van der Waals surface area contributed by atoms with E-state index in [9.17, 15) is 18.0 Å². The summed E-state index contributed by atoms with van der Waals surface area (Å²) in [6.07, 6.45) is 3.27. The minimum Gasteiger partial charge on any atom is -0.324 e. The Morgan fingerprint density at radius 1 is 1.03 bits per heavy atom. The number of rotatable bonds is 4. The van der Waals surface area contributed by atoms with Gasteiger partial charge in [0.2, 0.25) is 21.8 Å². The molecule has 2 aromatic carbocycles. The summed E-state index contributed by atoms with van der Waals surface area (Å²) in [6.45, 7) is 3.71. The molecular weight excluding hydrogens is 452 g/mol. The lowest BCUT2D eigenvalue weighted by atomic mass is 10.1. The summed E-state index contributed by atoms with van der Waals surface area (Å²) in [5, 5.41) is 2.87. The van der Waals surface area contributed by atoms with Crippen LogP contribution < -0.4 is 10.2 Å². The van der Waals surface area contributed by atoms with Crippen molar-refractivity contribution in [2.45, 2.75) is 43.5 Å². The number of hydrogen-bond acceptors (Lipinski definition) is 5. The van der Waals surface area contributed by atoms with Crippen LogP contribution in [0, 0.1) is 0 Å². The molecule has 0 radical (unpaired) electrons. The van der Waals surface area contributed by atoms with E-state index in [0.717, 1.165) is 24.8 Å². The van der Waals surface area contributed by atoms with Crippen molar-refractivity contribution in [2.24, 2.45) is 0 Å². The van der Waals surface area contributed by atoms with Crippen LogP contribution in [0.15, 0.2) is 47.4 Å². The smallest absolute Gasteiger partial charge is 0.243 e. The van der Waals surface area contributed by atoms with Gasteiger partial charge in [0.25, 0.3) is 0 Å². The summed E-state index contributed by atoms with van der Waals surface area (Å²) in [4.78, 5) is 29.6. The Morgan fingerprint density at radius 2 is 1.76 bits per heavy atom. The molecule has 34 heavy (non-hydrogen) atoms. The molecule has 0 saturated carbocycles. The van der Waals surface area contributed by atoms with Crippen LogP contribution in [0.4, 0.5) is 11.4 Å². The molecule has 2 aromatic rings. The van der Waals surface area contributed by atoms with Crippen LogP contribution in [0.3, 0.4) is 0 Å². The molecule has 1 N–H and O–H groups in total. The van der Waals surface area contributed by atoms with Crippen LogP contribution in [-0.4, -0.2) is 68.2 Å². The lowest BCUT2D eigenvalue weighted by molar-refractivity contribution is -0.120. The summed E-state index contributed by atoms with van der Waals surface area (Å²) < 4.78 is 27.9. The number of aryl methyl sites for hydroxylation is 2. The molecule has 3 aliphatic rings. The zero-order valence-electron chi connectivity index (χ0n) is 19.4. The first-order valence-electron chi connectivity index (χ1n) is 11.9. The van der Waals surface area contributed by atoms with Crippen LogP contribution in [0.1, 0.15) is 30.9 Å². The first kappa shape index (κ1) is 23.0. The third-order valence-corrected chi connectivity index (χ3v) is 8.92. The van der Waals surface area contributed by atoms with Crippen molar-refractivity contribution < 1.29 is 18.0 Å². The van der Waals surface area contributed by atoms with E-state index in [1.807, 2.05) is 42.2 Å². The lowest BCUT2D eigenvalue weighted by Crippen LogP contribution is -2.52. The van der Waals surface area contributed by atoms with Gasteiger partial charge < -0.3 is 10.2 Å². The molecule has 5 rings (SSSR count). The number of fused-ring (bicyclic) bond motifs is 2. The molecule has 0 spiro atoms. The summed E-state index contributed by atoms with van der Waals surface area (Å²) in [5.74, 6) is -0.202. The second kappa shape index (κ2) is 9.13. The molecule has 2 heterocycles. The van der Waals surface area contributed by atoms with Crippen molar-refractivity contribution >= 4 is 33.2 Å². The normalized spacial score (nSPS) is 21.5. The average Bonchev–Trinajstić information content (AvgIpc) is 3.23. The van der Waals surface area contributed by atoms with E-state index in [0.29, 0.717) is 42.4 Å². The van der Waals surface area contributed by atoms with E-state index in [1.54, 1.807) is 17.0 Å². The maximum absolute atomic E-state index is 13.3. The average molecular weight is 483 g/mol. The Bertz CT molecular complexity index is 1220. The lowest BCUT2D eigenvalue weighted by Gasteiger charge is -2.35. The fourth-order valence-electron chi connectivity index (χ4n) is 5.22. The molecule has 1 fully saturated rings. The zero-order chi connectivity index (χ0) is 23.9. The van der Waals surface area contributed by atoms with Gasteiger partial charge in [0, 0.05) is 38.6 Å². The van der Waals surface area contributed by atoms with Gasteiger partial charge in [-0.25, -0.2) is 8.42 Å². The Morgan fingerprint density at radius 3 is 2.56 bits per heavy atom. The molecule has 0 aromatic heterocycles. The Kier molecular flexibility index (Phi) is 6.18. The molecule has 1 unspecified atom stereocenters. The van der Waals surface area contributed by atoms with Crippen molar-refractivity contribution in [3.8, 4) is 0 Å². The number of carbonyl (C=O) groups excluding carboxylic acids is 2. The zero-order valence-corrected chi connectivity index (χ0v) is 20.2. The number of sulfonamides is 1. The number of anilines is 2. The molecule has 2 aliphatic heterocycles. The molecule has 1 saturated heterocycles. The van der Waals surface area contributed by atoms with Crippen LogP contribution in [0.5, 0.6) is 0 Å². The highest BCUT2D eigenvalue weighted by Crippen LogP contribution is 2.31. The Balaban J connectivity index is 1.25. The van der Waals surface area contributed by atoms with Gasteiger partial charge in [-0.1, -0.05) is 18.2 Å². The molecule has 0 bridgehead atoms. The van der Waals surface area contributed by atoms with Gasteiger partial charge in [0.1, 0.15) is 0 Å². The van der Waals surface area contributed by atoms with Crippen LogP contribution in [0.25, 0.3) is 0 Å². The van der Waals surface area contributed by atoms with Gasteiger partial charge >= 0.3 is 0 Å². The highest BCUT2D eigenvalue weighted by atomic mass is 32.2. The van der Waals surface area contributed by atoms with Crippen LogP contribution >= 0.6 is 0 Å². The number of piperazine rings is 1. The van der Waals surface area contributed by atoms with E-state index in [2.05, 4.69) is 5.32 Å². The summed E-state index contributed by atoms with van der Waals surface area (Å²) in [6, 6.07) is 12.6. The van der Waals surface area contributed by atoms with Gasteiger partial charge in [0.15, 0.2) is 0 Å². The fourth-order valence-corrected chi connectivity index (χ4v) is 6.69. The van der Waals surface area contributed by atoms with Gasteiger partial charge in [-0.15, -0.1) is 0 Å². The second-order valence-electron chi connectivity index (χ2n) is 9.35. The minimum absolute atomic E-state index is 0.0913. The topological polar surface area (TPSA) is 90.0 Å². The summed E-state index contributed by atoms with van der Waals surface area (Å²) >= 11 is 0. The summed E-state index contributed by atoms with van der Waals surface area (Å²) in [7, 11) is -3.55. The van der Waals surface area contributed by atoms with Crippen molar-refractivity contribution in [3.63, 3.8) is 0 Å². The largest absolute Gasteiger partial charge is 0.324 e. The number of hydrogen-bond donors (Lipinski definition) is 1. The molecule has 1 aliphatic carbocycles. The quantitative estimate of drug-likeness (QED) is 0.722. The molecule has 8 nitrogen and oxygen atoms in total. The van der Waals surface area contributed by atoms with Crippen molar-refractivity contribution in [2.75, 3.05) is 42.9 Å². The standard InChI is InChI=1S/C25H30N4O4S/c1-18-15-24(30)26-22-7-2-3-8-23(22)29(18)25(31)17-27-11-13-28(14-12-27)34(32,33)21-10-9-19-5-4-6-20(19)16-21/h2-3,7-10,16,18H,4-6,11-15,17H2,1H3,(H,26,30). The highest BCUT2D eigenvalue weighted by molar-refractivity contribution is 7.89. The minimum atomic E-state index is -3.55. The third-order valence-electron chi connectivity index (χ3n) is 7.03. The number of nitrogens with zero attached hydrogens (tertiary/aromatic N) is 3. The number of para-hydroxylation sites is 2. The summed E-state index contributed by atoms with van der Waals surface area (Å²) in [5.41, 5.74) is 3.73.